The van der Waals surface area contributed by atoms with Gasteiger partial charge in [0.15, 0.2) is 5.03 Å². The lowest BCUT2D eigenvalue weighted by Crippen LogP contribution is -2.37. The SMILES string of the molecule is COc1ncc(-c2ccc(C(=O)NS(=O)(=O)c3cccc(N)n3)c(N3CCC(C)CC3)n2)cc1C. The van der Waals surface area contributed by atoms with E-state index >= 15 is 0 Å². The Bertz CT molecular complexity index is 1350. The number of nitrogens with two attached hydrogens (primary N) is 1. The predicted molar refractivity (Wildman–Crippen MR) is 133 cm³/mol. The maximum Gasteiger partial charge on any atom is 0.281 e. The minimum absolute atomic E-state index is 0.0397. The standard InChI is InChI=1S/C24H28N6O4S/c1-15-9-11-30(12-10-15)22-18(23(31)29-35(32,33)21-6-4-5-20(25)28-21)7-8-19(27-22)17-13-16(2)24(34-3)26-14-17/h4-8,13-15H,9-12H2,1-3H3,(H2,25,28)(H,29,31). The molecule has 4 rings (SSSR count). The molecule has 1 amide bonds. The number of piperidine rings is 1. The summed E-state index contributed by atoms with van der Waals surface area (Å²) in [5, 5.41) is -0.330. The van der Waals surface area contributed by atoms with Crippen LogP contribution in [0.1, 0.15) is 35.7 Å². The summed E-state index contributed by atoms with van der Waals surface area (Å²) < 4.78 is 32.9. The highest BCUT2D eigenvalue weighted by Gasteiger charge is 2.27. The maximum atomic E-state index is 13.2. The fourth-order valence-corrected chi connectivity index (χ4v) is 4.92. The highest BCUT2D eigenvalue weighted by Crippen LogP contribution is 2.29. The van der Waals surface area contributed by atoms with Crippen molar-refractivity contribution in [2.45, 2.75) is 31.7 Å². The summed E-state index contributed by atoms with van der Waals surface area (Å²) in [5.41, 5.74) is 8.01. The zero-order valence-corrected chi connectivity index (χ0v) is 20.7. The van der Waals surface area contributed by atoms with E-state index in [9.17, 15) is 13.2 Å². The molecule has 1 saturated heterocycles. The lowest BCUT2D eigenvalue weighted by atomic mass is 9.98. The molecule has 0 aromatic carbocycles. The van der Waals surface area contributed by atoms with Crippen LogP contribution >= 0.6 is 0 Å². The van der Waals surface area contributed by atoms with Gasteiger partial charge in [0.1, 0.15) is 11.6 Å². The average Bonchev–Trinajstić information content (AvgIpc) is 2.84. The molecule has 0 bridgehead atoms. The number of aromatic nitrogens is 3. The molecule has 1 aliphatic heterocycles. The van der Waals surface area contributed by atoms with Gasteiger partial charge >= 0.3 is 0 Å². The van der Waals surface area contributed by atoms with E-state index in [1.54, 1.807) is 25.4 Å². The normalized spacial score (nSPS) is 14.5. The number of carbonyl (C=O) groups is 1. The number of nitrogens with one attached hydrogen (secondary N) is 1. The molecular weight excluding hydrogens is 468 g/mol. The third-order valence-electron chi connectivity index (χ3n) is 5.97. The van der Waals surface area contributed by atoms with Crippen LogP contribution in [0, 0.1) is 12.8 Å². The molecular formula is C24H28N6O4S. The van der Waals surface area contributed by atoms with Crippen molar-refractivity contribution >= 4 is 27.6 Å². The van der Waals surface area contributed by atoms with Crippen LogP contribution in [-0.4, -0.2) is 49.5 Å². The first kappa shape index (κ1) is 24.4. The van der Waals surface area contributed by atoms with E-state index in [4.69, 9.17) is 15.5 Å². The van der Waals surface area contributed by atoms with Crippen molar-refractivity contribution in [2.75, 3.05) is 30.8 Å². The molecule has 1 aliphatic rings. The molecule has 0 aliphatic carbocycles. The summed E-state index contributed by atoms with van der Waals surface area (Å²) in [6.45, 7) is 5.49. The van der Waals surface area contributed by atoms with Gasteiger partial charge in [-0.05, 0) is 56.0 Å². The fourth-order valence-electron chi connectivity index (χ4n) is 3.97. The molecule has 0 atom stereocenters. The molecule has 0 spiro atoms. The lowest BCUT2D eigenvalue weighted by molar-refractivity contribution is 0.0981. The summed E-state index contributed by atoms with van der Waals surface area (Å²) in [4.78, 5) is 28.1. The Balaban J connectivity index is 1.71. The Kier molecular flexibility index (Phi) is 6.88. The predicted octanol–water partition coefficient (Wildman–Crippen LogP) is 2.79. The fraction of sp³-hybridized carbons (Fsp3) is 0.333. The summed E-state index contributed by atoms with van der Waals surface area (Å²) in [6.07, 6.45) is 3.55. The molecule has 35 heavy (non-hydrogen) atoms. The van der Waals surface area contributed by atoms with Gasteiger partial charge in [-0.25, -0.2) is 19.7 Å². The minimum Gasteiger partial charge on any atom is -0.481 e. The van der Waals surface area contributed by atoms with E-state index in [0.29, 0.717) is 36.4 Å². The van der Waals surface area contributed by atoms with Crippen molar-refractivity contribution in [1.29, 1.82) is 0 Å². The van der Waals surface area contributed by atoms with Crippen molar-refractivity contribution < 1.29 is 17.9 Å². The summed E-state index contributed by atoms with van der Waals surface area (Å²) in [6, 6.07) is 9.38. The number of aryl methyl sites for hydroxylation is 1. The largest absolute Gasteiger partial charge is 0.481 e. The number of carbonyl (C=O) groups excluding carboxylic acids is 1. The summed E-state index contributed by atoms with van der Waals surface area (Å²) >= 11 is 0. The van der Waals surface area contributed by atoms with Gasteiger partial charge in [-0.15, -0.1) is 0 Å². The van der Waals surface area contributed by atoms with E-state index < -0.39 is 15.9 Å². The number of anilines is 2. The topological polar surface area (TPSA) is 140 Å². The molecule has 10 nitrogen and oxygen atoms in total. The monoisotopic (exact) mass is 496 g/mol. The first-order valence-electron chi connectivity index (χ1n) is 11.2. The molecule has 0 radical (unpaired) electrons. The lowest BCUT2D eigenvalue weighted by Gasteiger charge is -2.32. The Morgan fingerprint density at radius 3 is 2.57 bits per heavy atom. The molecule has 3 N–H and O–H groups in total. The molecule has 1 fully saturated rings. The Hall–Kier alpha value is -3.73. The van der Waals surface area contributed by atoms with Crippen molar-refractivity contribution in [3.05, 3.63) is 53.7 Å². The van der Waals surface area contributed by atoms with E-state index in [1.807, 2.05) is 17.9 Å². The minimum atomic E-state index is -4.22. The molecule has 0 saturated carbocycles. The third-order valence-corrected chi connectivity index (χ3v) is 7.20. The maximum absolute atomic E-state index is 13.2. The van der Waals surface area contributed by atoms with Gasteiger partial charge in [-0.2, -0.15) is 8.42 Å². The van der Waals surface area contributed by atoms with E-state index in [1.165, 1.54) is 18.2 Å². The second kappa shape index (κ2) is 9.87. The van der Waals surface area contributed by atoms with Crippen LogP contribution in [0.15, 0.2) is 47.6 Å². The molecule has 0 unspecified atom stereocenters. The van der Waals surface area contributed by atoms with Crippen LogP contribution in [0.3, 0.4) is 0 Å². The van der Waals surface area contributed by atoms with Crippen molar-refractivity contribution in [3.8, 4) is 17.1 Å². The number of nitrogen functional groups attached to an aromatic ring is 1. The number of sulfonamides is 1. The number of hydrogen-bond donors (Lipinski definition) is 2. The smallest absolute Gasteiger partial charge is 0.281 e. The van der Waals surface area contributed by atoms with Gasteiger partial charge in [0.25, 0.3) is 15.9 Å². The van der Waals surface area contributed by atoms with Gasteiger partial charge in [-0.1, -0.05) is 13.0 Å². The Morgan fingerprint density at radius 1 is 1.17 bits per heavy atom. The van der Waals surface area contributed by atoms with Crippen molar-refractivity contribution in [1.82, 2.24) is 19.7 Å². The van der Waals surface area contributed by atoms with Crippen LogP contribution < -0.4 is 20.1 Å². The number of amides is 1. The van der Waals surface area contributed by atoms with Gasteiger partial charge in [0.2, 0.25) is 5.88 Å². The second-order valence-electron chi connectivity index (χ2n) is 8.62. The number of rotatable bonds is 6. The number of nitrogens with zero attached hydrogens (tertiary/aromatic N) is 4. The molecule has 11 heteroatoms. The number of methoxy groups -OCH3 is 1. The number of hydrogen-bond acceptors (Lipinski definition) is 9. The van der Waals surface area contributed by atoms with Crippen molar-refractivity contribution in [3.63, 3.8) is 0 Å². The van der Waals surface area contributed by atoms with Gasteiger partial charge in [-0.3, -0.25) is 4.79 Å². The number of pyridine rings is 3. The quantitative estimate of drug-likeness (QED) is 0.527. The van der Waals surface area contributed by atoms with Crippen LogP contribution in [0.2, 0.25) is 0 Å². The first-order chi connectivity index (χ1) is 16.7. The molecule has 3 aromatic rings. The van der Waals surface area contributed by atoms with Crippen molar-refractivity contribution in [2.24, 2.45) is 5.92 Å². The number of ether oxygens (including phenoxy) is 1. The molecule has 184 valence electrons. The summed E-state index contributed by atoms with van der Waals surface area (Å²) in [7, 11) is -2.66. The van der Waals surface area contributed by atoms with Gasteiger partial charge < -0.3 is 15.4 Å². The van der Waals surface area contributed by atoms with E-state index in [0.717, 1.165) is 24.0 Å². The molecule has 3 aromatic heterocycles. The Morgan fingerprint density at radius 2 is 1.91 bits per heavy atom. The first-order valence-corrected chi connectivity index (χ1v) is 12.7. The van der Waals surface area contributed by atoms with Crippen LogP contribution in [0.5, 0.6) is 5.88 Å². The second-order valence-corrected chi connectivity index (χ2v) is 10.3. The van der Waals surface area contributed by atoms with Crippen LogP contribution in [0.25, 0.3) is 11.3 Å². The highest BCUT2D eigenvalue weighted by atomic mass is 32.2. The Labute approximate surface area is 204 Å². The average molecular weight is 497 g/mol. The summed E-state index contributed by atoms with van der Waals surface area (Å²) in [5.74, 6) is 0.769. The van der Waals surface area contributed by atoms with Gasteiger partial charge in [0, 0.05) is 30.4 Å². The zero-order valence-electron chi connectivity index (χ0n) is 19.9. The zero-order chi connectivity index (χ0) is 25.2. The third kappa shape index (κ3) is 5.35. The highest BCUT2D eigenvalue weighted by molar-refractivity contribution is 7.90. The van der Waals surface area contributed by atoms with Crippen LogP contribution in [0.4, 0.5) is 11.6 Å². The van der Waals surface area contributed by atoms with Crippen LogP contribution in [-0.2, 0) is 10.0 Å². The van der Waals surface area contributed by atoms with E-state index in [2.05, 4.69) is 21.6 Å². The molecule has 4 heterocycles. The van der Waals surface area contributed by atoms with E-state index in [-0.39, 0.29) is 16.4 Å². The van der Waals surface area contributed by atoms with Gasteiger partial charge in [0.05, 0.1) is 18.4 Å².